The molecule has 0 saturated heterocycles. The van der Waals surface area contributed by atoms with E-state index in [4.69, 9.17) is 0 Å². The number of nitrogens with one attached hydrogen (secondary N) is 2. The van der Waals surface area contributed by atoms with Crippen LogP contribution in [0.2, 0.25) is 0 Å². The minimum Gasteiger partial charge on any atom is -0.480 e. The van der Waals surface area contributed by atoms with Gasteiger partial charge in [0.05, 0.1) is 18.2 Å². The Morgan fingerprint density at radius 3 is 2.62 bits per heavy atom. The number of fused-ring (bicyclic) bond motifs is 1. The minimum absolute atomic E-state index is 0.0111. The van der Waals surface area contributed by atoms with Crippen molar-refractivity contribution in [3.05, 3.63) is 78.9 Å². The molecule has 2 amide bonds. The van der Waals surface area contributed by atoms with Crippen molar-refractivity contribution in [2.24, 2.45) is 7.05 Å². The van der Waals surface area contributed by atoms with E-state index in [9.17, 15) is 14.7 Å². The van der Waals surface area contributed by atoms with Crippen LogP contribution >= 0.6 is 0 Å². The maximum Gasteiger partial charge on any atom is 0.326 e. The molecular formula is C26H27N5O3. The number of amides is 2. The van der Waals surface area contributed by atoms with Gasteiger partial charge in [-0.2, -0.15) is 0 Å². The molecule has 5 rings (SSSR count). The van der Waals surface area contributed by atoms with Gasteiger partial charge in [-0.3, -0.25) is 0 Å². The van der Waals surface area contributed by atoms with Crippen molar-refractivity contribution in [2.75, 3.05) is 0 Å². The number of benzene rings is 2. The van der Waals surface area contributed by atoms with Crippen molar-refractivity contribution < 1.29 is 14.7 Å². The van der Waals surface area contributed by atoms with Crippen LogP contribution in [0.3, 0.4) is 0 Å². The molecular weight excluding hydrogens is 430 g/mol. The lowest BCUT2D eigenvalue weighted by Crippen LogP contribution is -2.53. The number of carbonyl (C=O) groups is 2. The van der Waals surface area contributed by atoms with Crippen LogP contribution in [0.5, 0.6) is 0 Å². The van der Waals surface area contributed by atoms with E-state index >= 15 is 0 Å². The summed E-state index contributed by atoms with van der Waals surface area (Å²) < 4.78 is 4.12. The molecule has 1 saturated carbocycles. The zero-order valence-electron chi connectivity index (χ0n) is 18.9. The molecule has 8 heteroatoms. The highest BCUT2D eigenvalue weighted by molar-refractivity contribution is 5.86. The van der Waals surface area contributed by atoms with Gasteiger partial charge in [0.15, 0.2) is 0 Å². The summed E-state index contributed by atoms with van der Waals surface area (Å²) >= 11 is 0. The molecule has 3 N–H and O–H groups in total. The molecule has 2 heterocycles. The summed E-state index contributed by atoms with van der Waals surface area (Å²) in [5.41, 5.74) is 4.07. The van der Waals surface area contributed by atoms with Crippen LogP contribution in [0.25, 0.3) is 22.2 Å². The van der Waals surface area contributed by atoms with Crippen LogP contribution in [-0.2, 0) is 18.3 Å². The van der Waals surface area contributed by atoms with E-state index in [1.807, 2.05) is 72.8 Å². The molecule has 1 unspecified atom stereocenters. The molecule has 0 radical (unpaired) electrons. The Labute approximate surface area is 197 Å². The van der Waals surface area contributed by atoms with Crippen molar-refractivity contribution in [2.45, 2.75) is 37.4 Å². The summed E-state index contributed by atoms with van der Waals surface area (Å²) in [7, 11) is 1.93. The molecule has 0 spiro atoms. The molecule has 2 aromatic carbocycles. The van der Waals surface area contributed by atoms with Gasteiger partial charge in [-0.05, 0) is 30.0 Å². The minimum atomic E-state index is -1.06. The van der Waals surface area contributed by atoms with Crippen molar-refractivity contribution >= 4 is 22.9 Å². The third kappa shape index (κ3) is 4.26. The summed E-state index contributed by atoms with van der Waals surface area (Å²) in [6.07, 6.45) is 7.36. The Morgan fingerprint density at radius 1 is 1.12 bits per heavy atom. The van der Waals surface area contributed by atoms with E-state index in [1.165, 1.54) is 0 Å². The second kappa shape index (κ2) is 9.05. The standard InChI is InChI=1S/C26H27N5O3/c1-30-15-18(21-9-5-6-10-23(21)30)11-22(25(32)33)29-26(34)28-19-12-20(13-19)31-16-27-14-24(31)17-7-3-2-4-8-17/h2-10,14-16,19-20,22H,11-13H2,1H3,(H,32,33)(H2,28,29,34). The third-order valence-corrected chi connectivity index (χ3v) is 6.58. The summed E-state index contributed by atoms with van der Waals surface area (Å²) in [5.74, 6) is -1.06. The topological polar surface area (TPSA) is 101 Å². The van der Waals surface area contributed by atoms with Gasteiger partial charge in [-0.1, -0.05) is 48.5 Å². The zero-order valence-corrected chi connectivity index (χ0v) is 18.9. The number of carboxylic acid groups (broad SMARTS) is 1. The molecule has 8 nitrogen and oxygen atoms in total. The number of nitrogens with zero attached hydrogens (tertiary/aromatic N) is 3. The van der Waals surface area contributed by atoms with Crippen LogP contribution in [0.4, 0.5) is 4.79 Å². The van der Waals surface area contributed by atoms with Crippen molar-refractivity contribution in [1.82, 2.24) is 24.8 Å². The summed E-state index contributed by atoms with van der Waals surface area (Å²) in [6, 6.07) is 16.7. The molecule has 1 fully saturated rings. The molecule has 2 aromatic heterocycles. The normalized spacial score (nSPS) is 18.3. The molecule has 0 bridgehead atoms. The maximum absolute atomic E-state index is 12.6. The number of aliphatic carboxylic acids is 1. The second-order valence-corrected chi connectivity index (χ2v) is 8.87. The van der Waals surface area contributed by atoms with Gasteiger partial charge in [-0.25, -0.2) is 14.6 Å². The number of carbonyl (C=O) groups excluding carboxylic acids is 1. The van der Waals surface area contributed by atoms with Crippen LogP contribution in [0.1, 0.15) is 24.4 Å². The van der Waals surface area contributed by atoms with E-state index in [1.54, 1.807) is 0 Å². The summed E-state index contributed by atoms with van der Waals surface area (Å²) in [6.45, 7) is 0. The van der Waals surface area contributed by atoms with E-state index < -0.39 is 18.0 Å². The van der Waals surface area contributed by atoms with E-state index in [0.717, 1.165) is 40.6 Å². The lowest BCUT2D eigenvalue weighted by Gasteiger charge is -2.37. The first-order chi connectivity index (χ1) is 16.5. The van der Waals surface area contributed by atoms with Crippen LogP contribution in [-0.4, -0.2) is 43.3 Å². The smallest absolute Gasteiger partial charge is 0.326 e. The number of aromatic nitrogens is 3. The molecule has 1 aliphatic rings. The van der Waals surface area contributed by atoms with Gasteiger partial charge in [0.1, 0.15) is 6.04 Å². The highest BCUT2D eigenvalue weighted by Crippen LogP contribution is 2.35. The fourth-order valence-electron chi connectivity index (χ4n) is 4.75. The van der Waals surface area contributed by atoms with Gasteiger partial charge in [-0.15, -0.1) is 0 Å². The number of carboxylic acids is 1. The monoisotopic (exact) mass is 457 g/mol. The Balaban J connectivity index is 1.19. The average molecular weight is 458 g/mol. The number of imidazole rings is 1. The summed E-state index contributed by atoms with van der Waals surface area (Å²) in [4.78, 5) is 28.8. The molecule has 1 atom stereocenters. The number of para-hydroxylation sites is 1. The Morgan fingerprint density at radius 2 is 1.85 bits per heavy atom. The predicted octanol–water partition coefficient (Wildman–Crippen LogP) is 3.74. The number of hydrogen-bond donors (Lipinski definition) is 3. The lowest BCUT2D eigenvalue weighted by atomic mass is 9.86. The van der Waals surface area contributed by atoms with E-state index in [-0.39, 0.29) is 18.5 Å². The summed E-state index contributed by atoms with van der Waals surface area (Å²) in [5, 5.41) is 16.3. The Kier molecular flexibility index (Phi) is 5.79. The third-order valence-electron chi connectivity index (χ3n) is 6.58. The SMILES string of the molecule is Cn1cc(CC(NC(=O)NC2CC(n3cncc3-c3ccccc3)C2)C(=O)O)c2ccccc21. The number of hydrogen-bond acceptors (Lipinski definition) is 3. The largest absolute Gasteiger partial charge is 0.480 e. The molecule has 174 valence electrons. The quantitative estimate of drug-likeness (QED) is 0.394. The maximum atomic E-state index is 12.6. The van der Waals surface area contributed by atoms with E-state index in [2.05, 4.69) is 32.3 Å². The fourth-order valence-corrected chi connectivity index (χ4v) is 4.75. The van der Waals surface area contributed by atoms with Crippen molar-refractivity contribution in [3.8, 4) is 11.3 Å². The van der Waals surface area contributed by atoms with Gasteiger partial charge >= 0.3 is 12.0 Å². The highest BCUT2D eigenvalue weighted by atomic mass is 16.4. The first-order valence-corrected chi connectivity index (χ1v) is 11.4. The predicted molar refractivity (Wildman–Crippen MR) is 129 cm³/mol. The van der Waals surface area contributed by atoms with Crippen LogP contribution in [0, 0.1) is 0 Å². The molecule has 0 aliphatic heterocycles. The number of aryl methyl sites for hydroxylation is 1. The van der Waals surface area contributed by atoms with Gasteiger partial charge in [0, 0.05) is 42.7 Å². The van der Waals surface area contributed by atoms with Crippen molar-refractivity contribution in [1.29, 1.82) is 0 Å². The molecule has 1 aliphatic carbocycles. The Bertz CT molecular complexity index is 1320. The first kappa shape index (κ1) is 21.8. The first-order valence-electron chi connectivity index (χ1n) is 11.4. The number of urea groups is 1. The zero-order chi connectivity index (χ0) is 23.7. The molecule has 4 aromatic rings. The molecule has 34 heavy (non-hydrogen) atoms. The van der Waals surface area contributed by atoms with Crippen LogP contribution in [0.15, 0.2) is 73.3 Å². The number of rotatable bonds is 7. The Hall–Kier alpha value is -4.07. The lowest BCUT2D eigenvalue weighted by molar-refractivity contribution is -0.139. The van der Waals surface area contributed by atoms with Crippen molar-refractivity contribution in [3.63, 3.8) is 0 Å². The fraction of sp³-hybridized carbons (Fsp3) is 0.269. The second-order valence-electron chi connectivity index (χ2n) is 8.87. The highest BCUT2D eigenvalue weighted by Gasteiger charge is 2.33. The van der Waals surface area contributed by atoms with Crippen LogP contribution < -0.4 is 10.6 Å². The van der Waals surface area contributed by atoms with E-state index in [0.29, 0.717) is 0 Å². The van der Waals surface area contributed by atoms with Gasteiger partial charge in [0.25, 0.3) is 0 Å². The van der Waals surface area contributed by atoms with Gasteiger partial charge < -0.3 is 24.9 Å². The average Bonchev–Trinajstić information content (AvgIpc) is 3.41. The van der Waals surface area contributed by atoms with Gasteiger partial charge in [0.2, 0.25) is 0 Å².